The summed E-state index contributed by atoms with van der Waals surface area (Å²) < 4.78 is 4.19. The second-order valence-electron chi connectivity index (χ2n) is 7.40. The molecule has 0 unspecified atom stereocenters. The molecule has 3 aromatic heterocycles. The maximum Gasteiger partial charge on any atom is 0.196 e. The van der Waals surface area contributed by atoms with Gasteiger partial charge in [0.1, 0.15) is 0 Å². The van der Waals surface area contributed by atoms with E-state index in [-0.39, 0.29) is 5.78 Å². The molecule has 0 aliphatic rings. The summed E-state index contributed by atoms with van der Waals surface area (Å²) in [6.07, 6.45) is 3.48. The van der Waals surface area contributed by atoms with Crippen LogP contribution in [-0.4, -0.2) is 35.9 Å². The number of rotatable bonds is 7. The number of aryl methyl sites for hydroxylation is 2. The van der Waals surface area contributed by atoms with Gasteiger partial charge >= 0.3 is 0 Å². The van der Waals surface area contributed by atoms with Gasteiger partial charge in [-0.15, -0.1) is 10.2 Å². The average molecular weight is 432 g/mol. The number of hydrogen-bond donors (Lipinski definition) is 0. The van der Waals surface area contributed by atoms with E-state index in [1.165, 1.54) is 11.8 Å². The maximum absolute atomic E-state index is 13.0. The number of hydrogen-bond acceptors (Lipinski definition) is 5. The Morgan fingerprint density at radius 3 is 2.45 bits per heavy atom. The number of nitrogens with zero attached hydrogens (tertiary/aromatic N) is 5. The van der Waals surface area contributed by atoms with Crippen LogP contribution in [0.1, 0.15) is 34.2 Å². The summed E-state index contributed by atoms with van der Waals surface area (Å²) in [5.74, 6) is 1.13. The minimum Gasteiger partial charge on any atom is -0.349 e. The van der Waals surface area contributed by atoms with Gasteiger partial charge in [0, 0.05) is 41.5 Å². The average Bonchev–Trinajstić information content (AvgIpc) is 3.33. The van der Waals surface area contributed by atoms with Crippen molar-refractivity contribution in [3.8, 4) is 17.1 Å². The summed E-state index contributed by atoms with van der Waals surface area (Å²) in [7, 11) is 0. The zero-order valence-electron chi connectivity index (χ0n) is 18.2. The van der Waals surface area contributed by atoms with Crippen molar-refractivity contribution in [3.63, 3.8) is 0 Å². The Morgan fingerprint density at radius 1 is 1.03 bits per heavy atom. The SMILES string of the molecule is CCn1c(C)cc(C(=O)CSc2nnc(-c3ccncc3)n2-c2ccccc2C)c1C. The standard InChI is InChI=1S/C24H25N5OS/c1-5-28-17(3)14-20(18(28)4)22(30)15-31-24-27-26-23(19-10-12-25-13-11-19)29(24)21-9-7-6-8-16(21)2/h6-14H,5,15H2,1-4H3. The Labute approximate surface area is 186 Å². The van der Waals surface area contributed by atoms with Crippen LogP contribution < -0.4 is 0 Å². The van der Waals surface area contributed by atoms with Crippen molar-refractivity contribution < 1.29 is 4.79 Å². The van der Waals surface area contributed by atoms with Crippen LogP contribution in [0.3, 0.4) is 0 Å². The molecule has 0 amide bonds. The first-order chi connectivity index (χ1) is 15.0. The molecule has 0 bridgehead atoms. The Balaban J connectivity index is 1.69. The van der Waals surface area contributed by atoms with Gasteiger partial charge in [-0.3, -0.25) is 14.3 Å². The van der Waals surface area contributed by atoms with Crippen molar-refractivity contribution in [2.45, 2.75) is 39.4 Å². The van der Waals surface area contributed by atoms with Gasteiger partial charge < -0.3 is 4.57 Å². The number of ketones is 1. The van der Waals surface area contributed by atoms with E-state index in [1.54, 1.807) is 12.4 Å². The summed E-state index contributed by atoms with van der Waals surface area (Å²) >= 11 is 1.42. The Kier molecular flexibility index (Phi) is 6.04. The number of carbonyl (C=O) groups is 1. The minimum absolute atomic E-state index is 0.0996. The van der Waals surface area contributed by atoms with E-state index in [0.29, 0.717) is 10.9 Å². The van der Waals surface area contributed by atoms with Crippen LogP contribution in [0.2, 0.25) is 0 Å². The van der Waals surface area contributed by atoms with Crippen LogP contribution in [0.4, 0.5) is 0 Å². The quantitative estimate of drug-likeness (QED) is 0.303. The summed E-state index contributed by atoms with van der Waals surface area (Å²) in [6.45, 7) is 9.05. The summed E-state index contributed by atoms with van der Waals surface area (Å²) in [5, 5.41) is 9.58. The van der Waals surface area contributed by atoms with Gasteiger partial charge in [-0.05, 0) is 57.5 Å². The molecule has 0 aliphatic heterocycles. The molecule has 0 aliphatic carbocycles. The second kappa shape index (κ2) is 8.89. The van der Waals surface area contributed by atoms with Crippen molar-refractivity contribution in [2.75, 3.05) is 5.75 Å². The molecule has 7 heteroatoms. The molecule has 4 rings (SSSR count). The molecular weight excluding hydrogens is 406 g/mol. The van der Waals surface area contributed by atoms with E-state index < -0.39 is 0 Å². The Morgan fingerprint density at radius 2 is 1.77 bits per heavy atom. The molecule has 158 valence electrons. The lowest BCUT2D eigenvalue weighted by molar-refractivity contribution is 0.102. The maximum atomic E-state index is 13.0. The molecule has 6 nitrogen and oxygen atoms in total. The lowest BCUT2D eigenvalue weighted by atomic mass is 10.2. The Hall–Kier alpha value is -3.19. The summed E-state index contributed by atoms with van der Waals surface area (Å²) in [6, 6.07) is 13.9. The van der Waals surface area contributed by atoms with Gasteiger partial charge in [-0.1, -0.05) is 30.0 Å². The highest BCUT2D eigenvalue weighted by Crippen LogP contribution is 2.30. The molecule has 31 heavy (non-hydrogen) atoms. The van der Waals surface area contributed by atoms with Gasteiger partial charge in [0.05, 0.1) is 11.4 Å². The second-order valence-corrected chi connectivity index (χ2v) is 8.35. The number of pyridine rings is 1. The number of Topliss-reactive ketones (excluding diaryl/α,β-unsaturated/α-hetero) is 1. The largest absolute Gasteiger partial charge is 0.349 e. The lowest BCUT2D eigenvalue weighted by Gasteiger charge is -2.12. The molecule has 3 heterocycles. The van der Waals surface area contributed by atoms with Crippen molar-refractivity contribution in [1.29, 1.82) is 0 Å². The monoisotopic (exact) mass is 431 g/mol. The normalized spacial score (nSPS) is 11.1. The van der Waals surface area contributed by atoms with Crippen molar-refractivity contribution in [1.82, 2.24) is 24.3 Å². The number of para-hydroxylation sites is 1. The van der Waals surface area contributed by atoms with E-state index in [0.717, 1.165) is 46.1 Å². The van der Waals surface area contributed by atoms with Gasteiger partial charge in [0.15, 0.2) is 16.8 Å². The van der Waals surface area contributed by atoms with Crippen LogP contribution >= 0.6 is 11.8 Å². The molecule has 0 fully saturated rings. The zero-order valence-corrected chi connectivity index (χ0v) is 19.0. The van der Waals surface area contributed by atoms with E-state index in [2.05, 4.69) is 39.7 Å². The van der Waals surface area contributed by atoms with Crippen LogP contribution in [0.25, 0.3) is 17.1 Å². The van der Waals surface area contributed by atoms with E-state index in [1.807, 2.05) is 54.8 Å². The summed E-state index contributed by atoms with van der Waals surface area (Å²) in [5.41, 5.74) is 5.94. The highest BCUT2D eigenvalue weighted by atomic mass is 32.2. The molecule has 0 atom stereocenters. The van der Waals surface area contributed by atoms with Crippen LogP contribution in [0.5, 0.6) is 0 Å². The number of aromatic nitrogens is 5. The third kappa shape index (κ3) is 4.05. The fourth-order valence-electron chi connectivity index (χ4n) is 3.86. The molecule has 0 radical (unpaired) electrons. The third-order valence-corrected chi connectivity index (χ3v) is 6.38. The van der Waals surface area contributed by atoms with Gasteiger partial charge in [0.2, 0.25) is 0 Å². The number of benzene rings is 1. The van der Waals surface area contributed by atoms with Crippen LogP contribution in [-0.2, 0) is 6.54 Å². The summed E-state index contributed by atoms with van der Waals surface area (Å²) in [4.78, 5) is 17.1. The van der Waals surface area contributed by atoms with E-state index >= 15 is 0 Å². The molecule has 0 saturated heterocycles. The number of carbonyl (C=O) groups excluding carboxylic acids is 1. The molecule has 0 N–H and O–H groups in total. The van der Waals surface area contributed by atoms with Crippen LogP contribution in [0.15, 0.2) is 60.0 Å². The highest BCUT2D eigenvalue weighted by Gasteiger charge is 2.20. The van der Waals surface area contributed by atoms with Gasteiger partial charge in [-0.2, -0.15) is 0 Å². The van der Waals surface area contributed by atoms with Gasteiger partial charge in [-0.25, -0.2) is 0 Å². The third-order valence-electron chi connectivity index (χ3n) is 5.45. The topological polar surface area (TPSA) is 65.6 Å². The molecule has 0 spiro atoms. The van der Waals surface area contributed by atoms with Gasteiger partial charge in [0.25, 0.3) is 0 Å². The predicted octanol–water partition coefficient (Wildman–Crippen LogP) is 5.05. The first-order valence-corrected chi connectivity index (χ1v) is 11.2. The van der Waals surface area contributed by atoms with Crippen molar-refractivity contribution in [2.24, 2.45) is 0 Å². The van der Waals surface area contributed by atoms with Crippen molar-refractivity contribution in [3.05, 3.63) is 77.4 Å². The van der Waals surface area contributed by atoms with E-state index in [4.69, 9.17) is 0 Å². The van der Waals surface area contributed by atoms with E-state index in [9.17, 15) is 4.79 Å². The molecule has 0 saturated carbocycles. The predicted molar refractivity (Wildman–Crippen MR) is 124 cm³/mol. The minimum atomic E-state index is 0.0996. The highest BCUT2D eigenvalue weighted by molar-refractivity contribution is 7.99. The molecule has 4 aromatic rings. The lowest BCUT2D eigenvalue weighted by Crippen LogP contribution is -2.07. The Bertz CT molecular complexity index is 1230. The smallest absolute Gasteiger partial charge is 0.196 e. The fourth-order valence-corrected chi connectivity index (χ4v) is 4.69. The molecule has 1 aromatic carbocycles. The van der Waals surface area contributed by atoms with Crippen molar-refractivity contribution >= 4 is 17.5 Å². The van der Waals surface area contributed by atoms with Crippen LogP contribution in [0, 0.1) is 20.8 Å². The first-order valence-electron chi connectivity index (χ1n) is 10.3. The first kappa shape index (κ1) is 21.1. The molecular formula is C24H25N5OS. The zero-order chi connectivity index (χ0) is 22.0. The number of thioether (sulfide) groups is 1. The fraction of sp³-hybridized carbons (Fsp3) is 0.250.